The number of halogens is 1. The number of aromatic nitrogens is 3. The fourth-order valence-corrected chi connectivity index (χ4v) is 4.38. The molecule has 37 heavy (non-hydrogen) atoms. The quantitative estimate of drug-likeness (QED) is 0.316. The van der Waals surface area contributed by atoms with Gasteiger partial charge in [0.1, 0.15) is 11.5 Å². The largest absolute Gasteiger partial charge is 0.481 e. The van der Waals surface area contributed by atoms with Crippen LogP contribution in [-0.2, 0) is 10.2 Å². The van der Waals surface area contributed by atoms with Gasteiger partial charge in [0.05, 0.1) is 17.1 Å². The number of hydrogen-bond acceptors (Lipinski definition) is 4. The van der Waals surface area contributed by atoms with Gasteiger partial charge in [0.15, 0.2) is 5.82 Å². The van der Waals surface area contributed by atoms with Crippen LogP contribution >= 0.6 is 0 Å². The Balaban J connectivity index is 1.29. The van der Waals surface area contributed by atoms with Crippen molar-refractivity contribution in [3.05, 3.63) is 95.4 Å². The maximum atomic E-state index is 13.2. The molecule has 5 rings (SSSR count). The van der Waals surface area contributed by atoms with Crippen LogP contribution in [0.2, 0.25) is 0 Å². The molecule has 1 saturated carbocycles. The summed E-state index contributed by atoms with van der Waals surface area (Å²) in [5.41, 5.74) is 4.09. The van der Waals surface area contributed by atoms with Gasteiger partial charge in [0, 0.05) is 0 Å². The van der Waals surface area contributed by atoms with E-state index in [9.17, 15) is 19.1 Å². The number of carbonyl (C=O) groups excluding carboxylic acids is 1. The lowest BCUT2D eigenvalue weighted by Crippen LogP contribution is -2.32. The molecule has 1 heterocycles. The van der Waals surface area contributed by atoms with Crippen LogP contribution in [0.15, 0.2) is 72.8 Å². The van der Waals surface area contributed by atoms with Gasteiger partial charge in [-0.25, -0.2) is 9.18 Å². The zero-order chi connectivity index (χ0) is 26.2. The predicted octanol–water partition coefficient (Wildman–Crippen LogP) is 5.38. The second-order valence-corrected chi connectivity index (χ2v) is 9.32. The van der Waals surface area contributed by atoms with Gasteiger partial charge in [-0.1, -0.05) is 53.7 Å². The minimum atomic E-state index is -0.768. The minimum Gasteiger partial charge on any atom is -0.481 e. The molecule has 0 unspecified atom stereocenters. The lowest BCUT2D eigenvalue weighted by Gasteiger charge is -2.16. The summed E-state index contributed by atoms with van der Waals surface area (Å²) in [6, 6.07) is 20.5. The SMILES string of the molecule is Cc1nnn(-c2ccc(-c3ccc(C4(C(=O)O)CC4)cc3)cc2)c1NC(=O)N[C@H](C)c1ccc(F)cc1. The van der Waals surface area contributed by atoms with E-state index in [0.717, 1.165) is 22.3 Å². The number of hydrogen-bond donors (Lipinski definition) is 3. The van der Waals surface area contributed by atoms with Gasteiger partial charge >= 0.3 is 12.0 Å². The minimum absolute atomic E-state index is 0.332. The van der Waals surface area contributed by atoms with E-state index in [4.69, 9.17) is 0 Å². The molecule has 0 spiro atoms. The smallest absolute Gasteiger partial charge is 0.320 e. The van der Waals surface area contributed by atoms with Gasteiger partial charge in [-0.2, -0.15) is 4.68 Å². The van der Waals surface area contributed by atoms with Crippen LogP contribution in [0.4, 0.5) is 15.0 Å². The third kappa shape index (κ3) is 4.80. The molecule has 3 N–H and O–H groups in total. The van der Waals surface area contributed by atoms with Crippen molar-refractivity contribution >= 4 is 17.8 Å². The Morgan fingerprint density at radius 3 is 2.14 bits per heavy atom. The number of amides is 2. The van der Waals surface area contributed by atoms with Crippen molar-refractivity contribution in [3.63, 3.8) is 0 Å². The number of aliphatic carboxylic acids is 1. The van der Waals surface area contributed by atoms with Crippen LogP contribution in [0.5, 0.6) is 0 Å². The van der Waals surface area contributed by atoms with E-state index < -0.39 is 17.4 Å². The monoisotopic (exact) mass is 499 g/mol. The summed E-state index contributed by atoms with van der Waals surface area (Å²) in [5.74, 6) is -0.668. The molecule has 1 fully saturated rings. The van der Waals surface area contributed by atoms with Gasteiger partial charge in [-0.05, 0) is 73.2 Å². The van der Waals surface area contributed by atoms with Gasteiger partial charge in [0.2, 0.25) is 0 Å². The molecule has 0 saturated heterocycles. The molecule has 1 aliphatic rings. The molecule has 188 valence electrons. The normalized spacial score (nSPS) is 14.6. The van der Waals surface area contributed by atoms with Crippen LogP contribution in [0, 0.1) is 12.7 Å². The number of aryl methyl sites for hydroxylation is 1. The van der Waals surface area contributed by atoms with Crippen LogP contribution in [-0.4, -0.2) is 32.1 Å². The molecule has 0 radical (unpaired) electrons. The highest BCUT2D eigenvalue weighted by Gasteiger charge is 2.51. The van der Waals surface area contributed by atoms with Crippen molar-refractivity contribution in [2.45, 2.75) is 38.1 Å². The first-order valence-corrected chi connectivity index (χ1v) is 12.0. The van der Waals surface area contributed by atoms with Crippen molar-refractivity contribution in [3.8, 4) is 16.8 Å². The summed E-state index contributed by atoms with van der Waals surface area (Å²) in [5, 5.41) is 23.4. The van der Waals surface area contributed by atoms with Crippen LogP contribution < -0.4 is 10.6 Å². The summed E-state index contributed by atoms with van der Waals surface area (Å²) < 4.78 is 14.7. The number of rotatable bonds is 7. The Bertz CT molecular complexity index is 1440. The Morgan fingerprint density at radius 1 is 0.973 bits per heavy atom. The lowest BCUT2D eigenvalue weighted by molar-refractivity contribution is -0.140. The second kappa shape index (κ2) is 9.50. The molecule has 9 heteroatoms. The number of carbonyl (C=O) groups is 2. The molecule has 1 atom stereocenters. The van der Waals surface area contributed by atoms with Crippen molar-refractivity contribution < 1.29 is 19.1 Å². The fourth-order valence-electron chi connectivity index (χ4n) is 4.38. The lowest BCUT2D eigenvalue weighted by atomic mass is 9.94. The van der Waals surface area contributed by atoms with Crippen molar-refractivity contribution in [1.82, 2.24) is 20.3 Å². The van der Waals surface area contributed by atoms with E-state index in [2.05, 4.69) is 20.9 Å². The van der Waals surface area contributed by atoms with Crippen LogP contribution in [0.1, 0.15) is 42.6 Å². The van der Waals surface area contributed by atoms with E-state index in [-0.39, 0.29) is 11.9 Å². The summed E-state index contributed by atoms with van der Waals surface area (Å²) in [6.45, 7) is 3.56. The Kier molecular flexibility index (Phi) is 6.20. The van der Waals surface area contributed by atoms with Gasteiger partial charge < -0.3 is 10.4 Å². The molecule has 1 aliphatic carbocycles. The van der Waals surface area contributed by atoms with E-state index in [1.807, 2.05) is 55.5 Å². The Labute approximate surface area is 213 Å². The van der Waals surface area contributed by atoms with Crippen molar-refractivity contribution in [1.29, 1.82) is 0 Å². The van der Waals surface area contributed by atoms with E-state index >= 15 is 0 Å². The number of nitrogens with one attached hydrogen (secondary N) is 2. The predicted molar refractivity (Wildman–Crippen MR) is 137 cm³/mol. The molecule has 2 amide bonds. The molecule has 0 bridgehead atoms. The van der Waals surface area contributed by atoms with Gasteiger partial charge in [-0.3, -0.25) is 10.1 Å². The van der Waals surface area contributed by atoms with Gasteiger partial charge in [0.25, 0.3) is 0 Å². The summed E-state index contributed by atoms with van der Waals surface area (Å²) in [6.07, 6.45) is 1.35. The van der Waals surface area contributed by atoms with E-state index in [1.54, 1.807) is 23.7 Å². The second-order valence-electron chi connectivity index (χ2n) is 9.32. The summed E-state index contributed by atoms with van der Waals surface area (Å²) in [7, 11) is 0. The molecular formula is C28H26FN5O3. The van der Waals surface area contributed by atoms with Gasteiger partial charge in [-0.15, -0.1) is 5.10 Å². The number of nitrogens with zero attached hydrogens (tertiary/aromatic N) is 3. The molecule has 4 aromatic rings. The first-order valence-electron chi connectivity index (χ1n) is 12.0. The maximum Gasteiger partial charge on any atom is 0.320 e. The van der Waals surface area contributed by atoms with Crippen molar-refractivity contribution in [2.75, 3.05) is 5.32 Å². The van der Waals surface area contributed by atoms with Crippen LogP contribution in [0.3, 0.4) is 0 Å². The molecule has 1 aromatic heterocycles. The molecule has 0 aliphatic heterocycles. The molecular weight excluding hydrogens is 473 g/mol. The number of carboxylic acid groups (broad SMARTS) is 1. The molecule has 8 nitrogen and oxygen atoms in total. The third-order valence-corrected chi connectivity index (χ3v) is 6.83. The highest BCUT2D eigenvalue weighted by molar-refractivity contribution is 5.89. The van der Waals surface area contributed by atoms with Crippen LogP contribution in [0.25, 0.3) is 16.8 Å². The average molecular weight is 500 g/mol. The third-order valence-electron chi connectivity index (χ3n) is 6.83. The van der Waals surface area contributed by atoms with E-state index in [1.165, 1.54) is 12.1 Å². The number of urea groups is 1. The number of anilines is 1. The summed E-state index contributed by atoms with van der Waals surface area (Å²) >= 11 is 0. The highest BCUT2D eigenvalue weighted by atomic mass is 19.1. The Morgan fingerprint density at radius 2 is 1.57 bits per heavy atom. The number of benzene rings is 3. The first kappa shape index (κ1) is 24.2. The maximum absolute atomic E-state index is 13.2. The first-order chi connectivity index (χ1) is 17.8. The summed E-state index contributed by atoms with van der Waals surface area (Å²) in [4.78, 5) is 24.3. The zero-order valence-corrected chi connectivity index (χ0v) is 20.4. The molecule has 3 aromatic carbocycles. The number of carboxylic acids is 1. The fraction of sp³-hybridized carbons (Fsp3) is 0.214. The zero-order valence-electron chi connectivity index (χ0n) is 20.4. The average Bonchev–Trinajstić information content (AvgIpc) is 3.64. The van der Waals surface area contributed by atoms with E-state index in [0.29, 0.717) is 30.0 Å². The topological polar surface area (TPSA) is 109 Å². The standard InChI is InChI=1S/C28H26FN5O3/c1-17(19-5-11-23(29)12-6-19)30-27(37)31-25-18(2)32-33-34(25)24-13-7-21(8-14-24)20-3-9-22(10-4-20)28(15-16-28)26(35)36/h3-14,17H,15-16H2,1-2H3,(H,35,36)(H2,30,31,37)/t17-/m1/s1. The van der Waals surface area contributed by atoms with Crippen molar-refractivity contribution in [2.24, 2.45) is 0 Å². The Hall–Kier alpha value is -4.53. The highest BCUT2D eigenvalue weighted by Crippen LogP contribution is 2.48.